The van der Waals surface area contributed by atoms with Crippen LogP contribution in [0.4, 0.5) is 21.0 Å². The Morgan fingerprint density at radius 2 is 1.25 bits per heavy atom. The highest BCUT2D eigenvalue weighted by Gasteiger charge is 2.72. The van der Waals surface area contributed by atoms with Crippen molar-refractivity contribution in [3.05, 3.63) is 129 Å². The van der Waals surface area contributed by atoms with Crippen LogP contribution in [-0.4, -0.2) is 61.6 Å². The molecule has 2 saturated heterocycles. The first-order valence-electron chi connectivity index (χ1n) is 21.1. The average molecular weight is 747 g/mol. The van der Waals surface area contributed by atoms with Crippen molar-refractivity contribution in [2.45, 2.75) is 98.2 Å². The van der Waals surface area contributed by atoms with E-state index in [2.05, 4.69) is 95.6 Å². The molecule has 12 rings (SSSR count). The van der Waals surface area contributed by atoms with Crippen molar-refractivity contribution >= 4 is 23.6 Å². The van der Waals surface area contributed by atoms with Gasteiger partial charge in [-0.25, -0.2) is 9.59 Å². The predicted octanol–water partition coefficient (Wildman–Crippen LogP) is 8.59. The number of carbonyl (C=O) groups is 2. The number of ether oxygens (including phenoxy) is 2. The normalized spacial score (nSPS) is 34.8. The first kappa shape index (κ1) is 33.2. The number of benzene rings is 4. The van der Waals surface area contributed by atoms with Gasteiger partial charge in [0.15, 0.2) is 0 Å². The van der Waals surface area contributed by atoms with Crippen LogP contribution in [0.25, 0.3) is 0 Å². The highest BCUT2D eigenvalue weighted by Crippen LogP contribution is 2.71. The van der Waals surface area contributed by atoms with Gasteiger partial charge in [0.1, 0.15) is 12.3 Å². The van der Waals surface area contributed by atoms with Crippen LogP contribution in [0.1, 0.15) is 95.9 Å². The fraction of sp³-hybridized carbons (Fsp3) is 0.458. The van der Waals surface area contributed by atoms with Gasteiger partial charge in [0.05, 0.1) is 19.6 Å². The van der Waals surface area contributed by atoms with Gasteiger partial charge in [-0.1, -0.05) is 91.7 Å². The molecule has 2 unspecified atom stereocenters. The van der Waals surface area contributed by atoms with Crippen molar-refractivity contribution in [1.82, 2.24) is 9.80 Å². The highest BCUT2D eigenvalue weighted by atomic mass is 16.5. The molecule has 4 aromatic carbocycles. The molecule has 0 bridgehead atoms. The van der Waals surface area contributed by atoms with Crippen LogP contribution in [0, 0.1) is 11.8 Å². The summed E-state index contributed by atoms with van der Waals surface area (Å²) >= 11 is 0. The summed E-state index contributed by atoms with van der Waals surface area (Å²) in [5, 5.41) is 7.90. The Morgan fingerprint density at radius 3 is 2.09 bits per heavy atom. The van der Waals surface area contributed by atoms with Gasteiger partial charge in [-0.2, -0.15) is 0 Å². The van der Waals surface area contributed by atoms with Gasteiger partial charge < -0.3 is 20.1 Å². The van der Waals surface area contributed by atoms with Crippen LogP contribution in [0.5, 0.6) is 0 Å². The minimum absolute atomic E-state index is 0.0799. The molecule has 4 aliphatic carbocycles. The van der Waals surface area contributed by atoms with Crippen LogP contribution in [0.2, 0.25) is 0 Å². The third kappa shape index (κ3) is 3.65. The van der Waals surface area contributed by atoms with Crippen LogP contribution >= 0.6 is 0 Å². The summed E-state index contributed by atoms with van der Waals surface area (Å²) in [6.45, 7) is 1.23. The largest absolute Gasteiger partial charge is 0.453 e. The Bertz CT molecular complexity index is 2360. The molecule has 2 saturated carbocycles. The van der Waals surface area contributed by atoms with E-state index in [1.807, 2.05) is 9.80 Å². The van der Waals surface area contributed by atoms with E-state index in [0.717, 1.165) is 37.1 Å². The Balaban J connectivity index is 1.08. The third-order valence-corrected chi connectivity index (χ3v) is 16.9. The zero-order chi connectivity index (χ0) is 37.6. The second-order valence-electron chi connectivity index (χ2n) is 18.2. The van der Waals surface area contributed by atoms with E-state index in [1.165, 1.54) is 69.4 Å². The summed E-state index contributed by atoms with van der Waals surface area (Å²) in [6, 6.07) is 32.2. The fourth-order valence-corrected chi connectivity index (χ4v) is 15.2. The number of methoxy groups -OCH3 is 2. The SMILES string of the molecule is COC(=O)N1CC[C@]2(c3cccc4c3N[C@H]3N(C(=O)OC)CC[C@@]43[C@]34CCC[C@H]3Cc3c([C@]56CCCC5Cc5ccccc56)cccc34)c3ccccc3NC12. The van der Waals surface area contributed by atoms with E-state index < -0.39 is 5.41 Å². The maximum Gasteiger partial charge on any atom is 0.411 e. The van der Waals surface area contributed by atoms with Gasteiger partial charge >= 0.3 is 12.2 Å². The van der Waals surface area contributed by atoms with Crippen molar-refractivity contribution in [2.75, 3.05) is 37.9 Å². The van der Waals surface area contributed by atoms with Gasteiger partial charge in [0.25, 0.3) is 0 Å². The molecule has 4 aromatic rings. The third-order valence-electron chi connectivity index (χ3n) is 16.9. The lowest BCUT2D eigenvalue weighted by molar-refractivity contribution is 0.0993. The second-order valence-corrected chi connectivity index (χ2v) is 18.2. The number of likely N-dealkylation sites (tertiary alicyclic amines) is 2. The van der Waals surface area contributed by atoms with Gasteiger partial charge in [-0.05, 0) is 114 Å². The molecular formula is C48H50N4O4. The number of anilines is 2. The molecule has 8 aliphatic rings. The van der Waals surface area contributed by atoms with Crippen LogP contribution in [-0.2, 0) is 44.0 Å². The number of nitrogens with zero attached hydrogens (tertiary/aromatic N) is 2. The van der Waals surface area contributed by atoms with E-state index in [-0.39, 0.29) is 40.8 Å². The molecule has 0 radical (unpaired) electrons. The number of hydrogen-bond acceptors (Lipinski definition) is 6. The number of para-hydroxylation sites is 2. The average Bonchev–Trinajstić information content (AvgIpc) is 4.09. The summed E-state index contributed by atoms with van der Waals surface area (Å²) in [5.41, 5.74) is 12.8. The monoisotopic (exact) mass is 746 g/mol. The summed E-state index contributed by atoms with van der Waals surface area (Å²) in [5.74, 6) is 1.13. The molecule has 56 heavy (non-hydrogen) atoms. The Labute approximate surface area is 328 Å². The highest BCUT2D eigenvalue weighted by molar-refractivity contribution is 5.81. The van der Waals surface area contributed by atoms with Crippen molar-refractivity contribution < 1.29 is 19.1 Å². The second kappa shape index (κ2) is 11.3. The van der Waals surface area contributed by atoms with Crippen LogP contribution in [0.15, 0.2) is 84.9 Å². The number of carbonyl (C=O) groups excluding carboxylic acids is 2. The minimum Gasteiger partial charge on any atom is -0.453 e. The lowest BCUT2D eigenvalue weighted by atomic mass is 9.53. The molecule has 4 aliphatic heterocycles. The smallest absolute Gasteiger partial charge is 0.411 e. The molecule has 8 atom stereocenters. The number of amides is 2. The number of hydrogen-bond donors (Lipinski definition) is 2. The van der Waals surface area contributed by atoms with Crippen LogP contribution in [0.3, 0.4) is 0 Å². The maximum absolute atomic E-state index is 13.9. The fourth-order valence-electron chi connectivity index (χ4n) is 15.2. The Hall–Kier alpha value is -4.98. The molecule has 4 heterocycles. The zero-order valence-corrected chi connectivity index (χ0v) is 32.4. The first-order chi connectivity index (χ1) is 27.4. The Morgan fingerprint density at radius 1 is 0.589 bits per heavy atom. The van der Waals surface area contributed by atoms with E-state index in [4.69, 9.17) is 9.47 Å². The molecule has 4 fully saturated rings. The molecule has 2 N–H and O–H groups in total. The number of rotatable bonds is 3. The summed E-state index contributed by atoms with van der Waals surface area (Å²) in [6.07, 6.45) is 10.0. The molecular weight excluding hydrogens is 697 g/mol. The molecule has 286 valence electrons. The van der Waals surface area contributed by atoms with Crippen molar-refractivity contribution in [2.24, 2.45) is 11.8 Å². The van der Waals surface area contributed by atoms with Gasteiger partial charge in [-0.3, -0.25) is 9.80 Å². The summed E-state index contributed by atoms with van der Waals surface area (Å²) in [7, 11) is 2.99. The lowest BCUT2D eigenvalue weighted by Gasteiger charge is -2.49. The molecule has 8 heteroatoms. The molecule has 8 nitrogen and oxygen atoms in total. The van der Waals surface area contributed by atoms with Gasteiger partial charge in [0, 0.05) is 40.7 Å². The predicted molar refractivity (Wildman–Crippen MR) is 215 cm³/mol. The van der Waals surface area contributed by atoms with Gasteiger partial charge in [-0.15, -0.1) is 0 Å². The molecule has 0 aromatic heterocycles. The van der Waals surface area contributed by atoms with E-state index in [0.29, 0.717) is 24.9 Å². The van der Waals surface area contributed by atoms with Crippen LogP contribution < -0.4 is 10.6 Å². The lowest BCUT2D eigenvalue weighted by Crippen LogP contribution is -2.57. The standard InChI is InChI=1S/C48H50N4O4/c1-55-43(53)51-25-23-46(36-15-5-6-20-39(36)49-41(46)51)37-18-8-19-38-40(37)50-42-48(38,24-26-52(42)44(54)56-2)47-22-10-13-31(47)28-32-34(16-7-17-35(32)47)45-21-9-12-30(45)27-29-11-3-4-14-33(29)45/h3-8,11,14-20,30-31,41-42,49-50H,9-10,12-13,21-28H2,1-2H3/t30?,31-,41?,42-,45+,46+,47+,48+/m0/s1. The van der Waals surface area contributed by atoms with E-state index >= 15 is 0 Å². The van der Waals surface area contributed by atoms with Crippen molar-refractivity contribution in [3.63, 3.8) is 0 Å². The molecule has 2 amide bonds. The maximum atomic E-state index is 13.9. The van der Waals surface area contributed by atoms with Crippen molar-refractivity contribution in [3.8, 4) is 0 Å². The first-order valence-corrected chi connectivity index (χ1v) is 21.1. The van der Waals surface area contributed by atoms with Gasteiger partial charge in [0.2, 0.25) is 0 Å². The van der Waals surface area contributed by atoms with E-state index in [1.54, 1.807) is 27.8 Å². The minimum atomic E-state index is -0.501. The zero-order valence-electron chi connectivity index (χ0n) is 32.4. The number of fused-ring (bicyclic) bond motifs is 13. The Kier molecular flexibility index (Phi) is 6.71. The summed E-state index contributed by atoms with van der Waals surface area (Å²) < 4.78 is 10.9. The van der Waals surface area contributed by atoms with E-state index in [9.17, 15) is 9.59 Å². The number of nitrogens with one attached hydrogen (secondary N) is 2. The summed E-state index contributed by atoms with van der Waals surface area (Å²) in [4.78, 5) is 31.1. The molecule has 0 spiro atoms. The van der Waals surface area contributed by atoms with Crippen molar-refractivity contribution in [1.29, 1.82) is 0 Å². The quantitative estimate of drug-likeness (QED) is 0.219. The topological polar surface area (TPSA) is 83.1 Å².